The second-order valence-corrected chi connectivity index (χ2v) is 6.13. The van der Waals surface area contributed by atoms with Gasteiger partial charge in [0.2, 0.25) is 0 Å². The number of nitrogens with zero attached hydrogens (tertiary/aromatic N) is 2. The summed E-state index contributed by atoms with van der Waals surface area (Å²) in [5.74, 6) is 0.303. The zero-order valence-electron chi connectivity index (χ0n) is 11.3. The van der Waals surface area contributed by atoms with Gasteiger partial charge in [-0.3, -0.25) is 4.79 Å². The van der Waals surface area contributed by atoms with E-state index in [-0.39, 0.29) is 0 Å². The molecule has 1 aliphatic heterocycles. The summed E-state index contributed by atoms with van der Waals surface area (Å²) in [7, 11) is 0. The topological polar surface area (TPSA) is 23.6 Å². The summed E-state index contributed by atoms with van der Waals surface area (Å²) in [6.07, 6.45) is 0.708. The van der Waals surface area contributed by atoms with Crippen LogP contribution in [0, 0.1) is 5.41 Å². The summed E-state index contributed by atoms with van der Waals surface area (Å²) < 4.78 is 0. The van der Waals surface area contributed by atoms with E-state index in [4.69, 9.17) is 0 Å². The van der Waals surface area contributed by atoms with Gasteiger partial charge in [-0.1, -0.05) is 20.8 Å². The molecule has 0 aromatic rings. The maximum Gasteiger partial charge on any atom is 0.131 e. The molecule has 1 fully saturated rings. The Morgan fingerprint density at radius 1 is 1.06 bits per heavy atom. The van der Waals surface area contributed by atoms with Crippen molar-refractivity contribution in [3.8, 4) is 0 Å². The molecule has 0 atom stereocenters. The van der Waals surface area contributed by atoms with Crippen LogP contribution < -0.4 is 0 Å². The molecule has 0 aromatic heterocycles. The van der Waals surface area contributed by atoms with Gasteiger partial charge < -0.3 is 9.80 Å². The normalized spacial score (nSPS) is 20.0. The van der Waals surface area contributed by atoms with E-state index >= 15 is 0 Å². The Morgan fingerprint density at radius 3 is 2.00 bits per heavy atom. The second-order valence-electron chi connectivity index (χ2n) is 6.13. The quantitative estimate of drug-likeness (QED) is 0.728. The van der Waals surface area contributed by atoms with E-state index in [0.29, 0.717) is 17.6 Å². The summed E-state index contributed by atoms with van der Waals surface area (Å²) >= 11 is 0. The number of hydrogen-bond acceptors (Lipinski definition) is 3. The number of carbonyl (C=O) groups excluding carboxylic acids is 1. The average molecular weight is 226 g/mol. The Kier molecular flexibility index (Phi) is 4.93. The largest absolute Gasteiger partial charge is 0.300 e. The molecule has 0 aliphatic carbocycles. The lowest BCUT2D eigenvalue weighted by Gasteiger charge is -2.37. The molecular weight excluding hydrogens is 200 g/mol. The lowest BCUT2D eigenvalue weighted by Crippen LogP contribution is -2.48. The summed E-state index contributed by atoms with van der Waals surface area (Å²) in [5, 5.41) is 0. The first-order chi connectivity index (χ1) is 7.37. The van der Waals surface area contributed by atoms with Crippen LogP contribution in [0.1, 0.15) is 34.1 Å². The number of hydrogen-bond donors (Lipinski definition) is 0. The van der Waals surface area contributed by atoms with E-state index < -0.39 is 0 Å². The van der Waals surface area contributed by atoms with Gasteiger partial charge in [0.15, 0.2) is 0 Å². The van der Waals surface area contributed by atoms with Crippen molar-refractivity contribution in [2.24, 2.45) is 5.41 Å². The van der Waals surface area contributed by atoms with Crippen molar-refractivity contribution in [3.05, 3.63) is 0 Å². The SMILES string of the molecule is CC(=O)CCN1CCN(CC(C)(C)C)CC1. The maximum atomic E-state index is 10.9. The van der Waals surface area contributed by atoms with Gasteiger partial charge >= 0.3 is 0 Å². The van der Waals surface area contributed by atoms with Crippen LogP contribution >= 0.6 is 0 Å². The third kappa shape index (κ3) is 5.61. The minimum Gasteiger partial charge on any atom is -0.300 e. The van der Waals surface area contributed by atoms with Gasteiger partial charge in [0.25, 0.3) is 0 Å². The van der Waals surface area contributed by atoms with Crippen LogP contribution in [0.2, 0.25) is 0 Å². The molecule has 0 N–H and O–H groups in total. The van der Waals surface area contributed by atoms with Gasteiger partial charge in [-0.2, -0.15) is 0 Å². The van der Waals surface area contributed by atoms with E-state index in [1.165, 1.54) is 6.54 Å². The molecule has 3 heteroatoms. The van der Waals surface area contributed by atoms with Gasteiger partial charge in [-0.25, -0.2) is 0 Å². The second kappa shape index (κ2) is 5.78. The average Bonchev–Trinajstić information content (AvgIpc) is 2.14. The first-order valence-electron chi connectivity index (χ1n) is 6.31. The highest BCUT2D eigenvalue weighted by molar-refractivity contribution is 5.75. The maximum absolute atomic E-state index is 10.9. The molecule has 0 radical (unpaired) electrons. The molecule has 1 aliphatic rings. The predicted molar refractivity (Wildman–Crippen MR) is 67.6 cm³/mol. The zero-order chi connectivity index (χ0) is 12.2. The molecular formula is C13H26N2O. The third-order valence-electron chi connectivity index (χ3n) is 2.94. The molecule has 0 aromatic carbocycles. The third-order valence-corrected chi connectivity index (χ3v) is 2.94. The van der Waals surface area contributed by atoms with E-state index in [1.54, 1.807) is 6.92 Å². The van der Waals surface area contributed by atoms with Crippen molar-refractivity contribution in [2.45, 2.75) is 34.1 Å². The number of carbonyl (C=O) groups is 1. The van der Waals surface area contributed by atoms with E-state index in [2.05, 4.69) is 30.6 Å². The van der Waals surface area contributed by atoms with Gasteiger partial charge in [-0.05, 0) is 12.3 Å². The fourth-order valence-corrected chi connectivity index (χ4v) is 2.16. The Balaban J connectivity index is 2.21. The number of ketones is 1. The van der Waals surface area contributed by atoms with Gasteiger partial charge in [0, 0.05) is 45.7 Å². The van der Waals surface area contributed by atoms with Crippen LogP contribution in [0.25, 0.3) is 0 Å². The molecule has 0 spiro atoms. The van der Waals surface area contributed by atoms with E-state index in [9.17, 15) is 4.79 Å². The van der Waals surface area contributed by atoms with Gasteiger partial charge in [0.05, 0.1) is 0 Å². The lowest BCUT2D eigenvalue weighted by atomic mass is 9.96. The van der Waals surface area contributed by atoms with E-state index in [1.807, 2.05) is 0 Å². The molecule has 0 amide bonds. The van der Waals surface area contributed by atoms with Gasteiger partial charge in [0.1, 0.15) is 5.78 Å². The fraction of sp³-hybridized carbons (Fsp3) is 0.923. The molecule has 1 heterocycles. The van der Waals surface area contributed by atoms with Crippen LogP contribution in [-0.4, -0.2) is 54.9 Å². The molecule has 3 nitrogen and oxygen atoms in total. The van der Waals surface area contributed by atoms with Crippen molar-refractivity contribution in [1.29, 1.82) is 0 Å². The van der Waals surface area contributed by atoms with Crippen LogP contribution in [-0.2, 0) is 4.79 Å². The highest BCUT2D eigenvalue weighted by atomic mass is 16.1. The van der Waals surface area contributed by atoms with Crippen molar-refractivity contribution in [1.82, 2.24) is 9.80 Å². The van der Waals surface area contributed by atoms with Crippen LogP contribution in [0.4, 0.5) is 0 Å². The van der Waals surface area contributed by atoms with Crippen molar-refractivity contribution >= 4 is 5.78 Å². The number of piperazine rings is 1. The van der Waals surface area contributed by atoms with E-state index in [0.717, 1.165) is 32.7 Å². The minimum absolute atomic E-state index is 0.303. The standard InChI is InChI=1S/C13H26N2O/c1-12(16)5-6-14-7-9-15(10-8-14)11-13(2,3)4/h5-11H2,1-4H3. The highest BCUT2D eigenvalue weighted by Gasteiger charge is 2.21. The molecule has 1 saturated heterocycles. The van der Waals surface area contributed by atoms with Gasteiger partial charge in [-0.15, -0.1) is 0 Å². The predicted octanol–water partition coefficient (Wildman–Crippen LogP) is 1.63. The Morgan fingerprint density at radius 2 is 1.56 bits per heavy atom. The highest BCUT2D eigenvalue weighted by Crippen LogP contribution is 2.16. The first-order valence-corrected chi connectivity index (χ1v) is 6.31. The molecule has 1 rings (SSSR count). The van der Waals surface area contributed by atoms with Crippen molar-refractivity contribution in [2.75, 3.05) is 39.3 Å². The fourth-order valence-electron chi connectivity index (χ4n) is 2.16. The summed E-state index contributed by atoms with van der Waals surface area (Å²) in [5.41, 5.74) is 0.390. The molecule has 0 saturated carbocycles. The Labute approximate surface area is 99.8 Å². The van der Waals surface area contributed by atoms with Crippen molar-refractivity contribution in [3.63, 3.8) is 0 Å². The van der Waals surface area contributed by atoms with Crippen molar-refractivity contribution < 1.29 is 4.79 Å². The Hall–Kier alpha value is -0.410. The lowest BCUT2D eigenvalue weighted by molar-refractivity contribution is -0.117. The first kappa shape index (κ1) is 13.7. The zero-order valence-corrected chi connectivity index (χ0v) is 11.3. The summed E-state index contributed by atoms with van der Waals surface area (Å²) in [6, 6.07) is 0. The summed E-state index contributed by atoms with van der Waals surface area (Å²) in [6.45, 7) is 15.2. The van der Waals surface area contributed by atoms with Crippen LogP contribution in [0.5, 0.6) is 0 Å². The smallest absolute Gasteiger partial charge is 0.131 e. The summed E-state index contributed by atoms with van der Waals surface area (Å²) in [4.78, 5) is 15.8. The minimum atomic E-state index is 0.303. The Bertz CT molecular complexity index is 225. The molecule has 0 unspecified atom stereocenters. The molecule has 0 bridgehead atoms. The number of rotatable bonds is 4. The van der Waals surface area contributed by atoms with Crippen LogP contribution in [0.3, 0.4) is 0 Å². The van der Waals surface area contributed by atoms with Crippen LogP contribution in [0.15, 0.2) is 0 Å². The monoisotopic (exact) mass is 226 g/mol. The number of Topliss-reactive ketones (excluding diaryl/α,β-unsaturated/α-hetero) is 1. The molecule has 16 heavy (non-hydrogen) atoms. The molecule has 94 valence electrons.